The average Bonchev–Trinajstić information content (AvgIpc) is 2.20. The summed E-state index contributed by atoms with van der Waals surface area (Å²) in [7, 11) is 0. The molecule has 0 bridgehead atoms. The maximum atomic E-state index is 13.5. The van der Waals surface area contributed by atoms with Crippen LogP contribution in [0.2, 0.25) is 5.02 Å². The van der Waals surface area contributed by atoms with E-state index >= 15 is 0 Å². The van der Waals surface area contributed by atoms with Gasteiger partial charge in [-0.3, -0.25) is 4.79 Å². The third-order valence-corrected chi connectivity index (χ3v) is 2.35. The fourth-order valence-corrected chi connectivity index (χ4v) is 1.51. The molecule has 0 aliphatic heterocycles. The van der Waals surface area contributed by atoms with E-state index in [0.29, 0.717) is 6.54 Å². The molecule has 2 N–H and O–H groups in total. The van der Waals surface area contributed by atoms with Gasteiger partial charge in [0.25, 0.3) is 0 Å². The SMILES string of the molecule is CCCNC(C(=O)O)c1ccc(Cl)cc1F. The van der Waals surface area contributed by atoms with Crippen LogP contribution >= 0.6 is 11.6 Å². The van der Waals surface area contributed by atoms with E-state index in [1.54, 1.807) is 0 Å². The van der Waals surface area contributed by atoms with E-state index in [2.05, 4.69) is 5.32 Å². The molecule has 0 heterocycles. The molecule has 0 saturated carbocycles. The van der Waals surface area contributed by atoms with Crippen molar-refractivity contribution in [2.75, 3.05) is 6.54 Å². The largest absolute Gasteiger partial charge is 0.480 e. The predicted molar refractivity (Wildman–Crippen MR) is 60.1 cm³/mol. The summed E-state index contributed by atoms with van der Waals surface area (Å²) >= 11 is 5.60. The first-order valence-electron chi connectivity index (χ1n) is 4.97. The Morgan fingerprint density at radius 1 is 1.62 bits per heavy atom. The Labute approximate surface area is 98.2 Å². The van der Waals surface area contributed by atoms with Crippen LogP contribution in [0.15, 0.2) is 18.2 Å². The van der Waals surface area contributed by atoms with E-state index in [0.717, 1.165) is 12.5 Å². The lowest BCUT2D eigenvalue weighted by molar-refractivity contribution is -0.139. The summed E-state index contributed by atoms with van der Waals surface area (Å²) < 4.78 is 13.5. The van der Waals surface area contributed by atoms with Gasteiger partial charge in [0.05, 0.1) is 0 Å². The Morgan fingerprint density at radius 2 is 2.31 bits per heavy atom. The standard InChI is InChI=1S/C11H13ClFNO2/c1-2-5-14-10(11(15)16)8-4-3-7(12)6-9(8)13/h3-4,6,10,14H,2,5H2,1H3,(H,15,16). The minimum Gasteiger partial charge on any atom is -0.480 e. The van der Waals surface area contributed by atoms with Crippen molar-refractivity contribution in [1.82, 2.24) is 5.32 Å². The molecule has 16 heavy (non-hydrogen) atoms. The van der Waals surface area contributed by atoms with E-state index in [9.17, 15) is 9.18 Å². The molecular weight excluding hydrogens is 233 g/mol. The fourth-order valence-electron chi connectivity index (χ4n) is 1.35. The Balaban J connectivity index is 2.96. The van der Waals surface area contributed by atoms with Crippen molar-refractivity contribution in [1.29, 1.82) is 0 Å². The molecule has 0 saturated heterocycles. The minimum atomic E-state index is -1.10. The second-order valence-corrected chi connectivity index (χ2v) is 3.83. The summed E-state index contributed by atoms with van der Waals surface area (Å²) in [6, 6.07) is 2.94. The van der Waals surface area contributed by atoms with Crippen molar-refractivity contribution >= 4 is 17.6 Å². The van der Waals surface area contributed by atoms with Crippen molar-refractivity contribution in [2.24, 2.45) is 0 Å². The molecule has 0 spiro atoms. The first-order chi connectivity index (χ1) is 7.56. The normalized spacial score (nSPS) is 12.4. The van der Waals surface area contributed by atoms with Crippen molar-refractivity contribution in [3.05, 3.63) is 34.6 Å². The van der Waals surface area contributed by atoms with Crippen molar-refractivity contribution < 1.29 is 14.3 Å². The molecule has 1 aromatic rings. The zero-order valence-corrected chi connectivity index (χ0v) is 9.59. The van der Waals surface area contributed by atoms with Gasteiger partial charge in [-0.15, -0.1) is 0 Å². The average molecular weight is 246 g/mol. The molecule has 1 unspecified atom stereocenters. The maximum Gasteiger partial charge on any atom is 0.325 e. The van der Waals surface area contributed by atoms with Gasteiger partial charge in [0.15, 0.2) is 0 Å². The Kier molecular flexibility index (Phi) is 4.71. The molecule has 1 atom stereocenters. The van der Waals surface area contributed by atoms with Gasteiger partial charge >= 0.3 is 5.97 Å². The second kappa shape index (κ2) is 5.82. The van der Waals surface area contributed by atoms with E-state index in [1.807, 2.05) is 6.92 Å². The summed E-state index contributed by atoms with van der Waals surface area (Å²) in [4.78, 5) is 11.0. The Hall–Kier alpha value is -1.13. The zero-order valence-electron chi connectivity index (χ0n) is 8.84. The quantitative estimate of drug-likeness (QED) is 0.838. The number of benzene rings is 1. The molecule has 3 nitrogen and oxygen atoms in total. The van der Waals surface area contributed by atoms with Crippen LogP contribution in [0, 0.1) is 5.82 Å². The van der Waals surface area contributed by atoms with E-state index in [1.165, 1.54) is 12.1 Å². The van der Waals surface area contributed by atoms with Gasteiger partial charge in [-0.05, 0) is 25.1 Å². The fraction of sp³-hybridized carbons (Fsp3) is 0.364. The highest BCUT2D eigenvalue weighted by atomic mass is 35.5. The van der Waals surface area contributed by atoms with Crippen LogP contribution in [0.5, 0.6) is 0 Å². The van der Waals surface area contributed by atoms with Crippen LogP contribution in [0.4, 0.5) is 4.39 Å². The van der Waals surface area contributed by atoms with E-state index in [4.69, 9.17) is 16.7 Å². The van der Waals surface area contributed by atoms with Gasteiger partial charge in [0.1, 0.15) is 11.9 Å². The molecule has 88 valence electrons. The van der Waals surface area contributed by atoms with Gasteiger partial charge in [0.2, 0.25) is 0 Å². The van der Waals surface area contributed by atoms with Crippen molar-refractivity contribution in [2.45, 2.75) is 19.4 Å². The van der Waals surface area contributed by atoms with Crippen LogP contribution in [0.3, 0.4) is 0 Å². The number of aliphatic carboxylic acids is 1. The molecular formula is C11H13ClFNO2. The van der Waals surface area contributed by atoms with Crippen molar-refractivity contribution in [3.63, 3.8) is 0 Å². The van der Waals surface area contributed by atoms with E-state index < -0.39 is 17.8 Å². The number of carboxylic acid groups (broad SMARTS) is 1. The van der Waals surface area contributed by atoms with Crippen LogP contribution in [-0.4, -0.2) is 17.6 Å². The molecule has 0 radical (unpaired) electrons. The monoisotopic (exact) mass is 245 g/mol. The summed E-state index contributed by atoms with van der Waals surface area (Å²) in [5.41, 5.74) is 0.102. The lowest BCUT2D eigenvalue weighted by atomic mass is 10.1. The number of rotatable bonds is 5. The molecule has 1 aromatic carbocycles. The van der Waals surface area contributed by atoms with Crippen LogP contribution < -0.4 is 5.32 Å². The third-order valence-electron chi connectivity index (χ3n) is 2.12. The molecule has 0 amide bonds. The van der Waals surface area contributed by atoms with Gasteiger partial charge < -0.3 is 10.4 Å². The number of carboxylic acids is 1. The summed E-state index contributed by atoms with van der Waals surface area (Å²) in [6.45, 7) is 2.42. The highest BCUT2D eigenvalue weighted by molar-refractivity contribution is 6.30. The van der Waals surface area contributed by atoms with Gasteiger partial charge in [-0.25, -0.2) is 4.39 Å². The molecule has 0 fully saturated rings. The van der Waals surface area contributed by atoms with E-state index in [-0.39, 0.29) is 10.6 Å². The summed E-state index contributed by atoms with van der Waals surface area (Å²) in [5, 5.41) is 12.0. The molecule has 0 aromatic heterocycles. The Morgan fingerprint density at radius 3 is 2.81 bits per heavy atom. The van der Waals surface area contributed by atoms with Crippen molar-refractivity contribution in [3.8, 4) is 0 Å². The summed E-state index contributed by atoms with van der Waals surface area (Å²) in [5.74, 6) is -1.71. The van der Waals surface area contributed by atoms with Crippen LogP contribution in [0.25, 0.3) is 0 Å². The smallest absolute Gasteiger partial charge is 0.325 e. The lowest BCUT2D eigenvalue weighted by Crippen LogP contribution is -2.29. The number of carbonyl (C=O) groups is 1. The predicted octanol–water partition coefficient (Wildman–Crippen LogP) is 2.60. The highest BCUT2D eigenvalue weighted by Crippen LogP contribution is 2.21. The highest BCUT2D eigenvalue weighted by Gasteiger charge is 2.22. The van der Waals surface area contributed by atoms with Gasteiger partial charge in [-0.2, -0.15) is 0 Å². The molecule has 1 rings (SSSR count). The molecule has 5 heteroatoms. The maximum absolute atomic E-state index is 13.5. The topological polar surface area (TPSA) is 49.3 Å². The number of hydrogen-bond acceptors (Lipinski definition) is 2. The first kappa shape index (κ1) is 12.9. The molecule has 0 aliphatic rings. The lowest BCUT2D eigenvalue weighted by Gasteiger charge is -2.15. The second-order valence-electron chi connectivity index (χ2n) is 3.39. The van der Waals surface area contributed by atoms with Crippen LogP contribution in [0.1, 0.15) is 24.9 Å². The molecule has 0 aliphatic carbocycles. The minimum absolute atomic E-state index is 0.102. The zero-order chi connectivity index (χ0) is 12.1. The Bertz CT molecular complexity index is 384. The number of halogens is 2. The number of nitrogens with one attached hydrogen (secondary N) is 1. The first-order valence-corrected chi connectivity index (χ1v) is 5.35. The van der Waals surface area contributed by atoms with Gasteiger partial charge in [0, 0.05) is 10.6 Å². The van der Waals surface area contributed by atoms with Gasteiger partial charge in [-0.1, -0.05) is 24.6 Å². The number of hydrogen-bond donors (Lipinski definition) is 2. The van der Waals surface area contributed by atoms with Crippen LogP contribution in [-0.2, 0) is 4.79 Å². The third kappa shape index (κ3) is 3.18. The summed E-state index contributed by atoms with van der Waals surface area (Å²) in [6.07, 6.45) is 0.777.